The average Bonchev–Trinajstić information content (AvgIpc) is 2.81. The molecule has 2 N–H and O–H groups in total. The van der Waals surface area contributed by atoms with Crippen LogP contribution in [0.25, 0.3) is 0 Å². The van der Waals surface area contributed by atoms with Crippen LogP contribution in [0.3, 0.4) is 0 Å². The molecule has 1 unspecified atom stereocenters. The van der Waals surface area contributed by atoms with E-state index in [2.05, 4.69) is 24.2 Å². The summed E-state index contributed by atoms with van der Waals surface area (Å²) >= 11 is 0. The van der Waals surface area contributed by atoms with Gasteiger partial charge in [0.2, 0.25) is 0 Å². The maximum absolute atomic E-state index is 12.7. The van der Waals surface area contributed by atoms with E-state index in [1.54, 1.807) is 11.0 Å². The van der Waals surface area contributed by atoms with E-state index < -0.39 is 5.97 Å². The van der Waals surface area contributed by atoms with Gasteiger partial charge in [0.1, 0.15) is 17.1 Å². The van der Waals surface area contributed by atoms with E-state index >= 15 is 0 Å². The van der Waals surface area contributed by atoms with E-state index in [9.17, 15) is 19.8 Å². The zero-order valence-electron chi connectivity index (χ0n) is 19.7. The van der Waals surface area contributed by atoms with Gasteiger partial charge < -0.3 is 24.7 Å². The first-order valence-electron chi connectivity index (χ1n) is 12.0. The molecule has 1 atom stereocenters. The summed E-state index contributed by atoms with van der Waals surface area (Å²) in [6.45, 7) is 3.63. The largest absolute Gasteiger partial charge is 0.508 e. The molecule has 0 aliphatic carbocycles. The van der Waals surface area contributed by atoms with Crippen LogP contribution < -0.4 is 0 Å². The summed E-state index contributed by atoms with van der Waals surface area (Å²) in [5, 5.41) is 24.5. The van der Waals surface area contributed by atoms with Crippen molar-refractivity contribution in [3.63, 3.8) is 0 Å². The molecule has 1 fully saturated rings. The topological polar surface area (TPSA) is 109 Å². The SMILES string of the molecule is CC1/C=C/CCCOC(=O)c2c(O)cc(O)cc2CC(=N\OCC(=O)N2CCCCC2)/C=C/C1. The van der Waals surface area contributed by atoms with Gasteiger partial charge in [-0.1, -0.05) is 30.3 Å². The summed E-state index contributed by atoms with van der Waals surface area (Å²) in [6, 6.07) is 2.51. The van der Waals surface area contributed by atoms with Gasteiger partial charge in [-0.05, 0) is 62.1 Å². The maximum Gasteiger partial charge on any atom is 0.342 e. The van der Waals surface area contributed by atoms with Crippen molar-refractivity contribution < 1.29 is 29.4 Å². The van der Waals surface area contributed by atoms with Crippen LogP contribution in [0.5, 0.6) is 11.5 Å². The van der Waals surface area contributed by atoms with Gasteiger partial charge >= 0.3 is 5.97 Å². The Morgan fingerprint density at radius 2 is 1.97 bits per heavy atom. The molecule has 0 saturated carbocycles. The Labute approximate surface area is 200 Å². The van der Waals surface area contributed by atoms with Crippen LogP contribution >= 0.6 is 0 Å². The van der Waals surface area contributed by atoms with Crippen molar-refractivity contribution >= 4 is 17.6 Å². The van der Waals surface area contributed by atoms with Crippen LogP contribution in [0.15, 0.2) is 41.6 Å². The molecular weight excluding hydrogens is 436 g/mol. The van der Waals surface area contributed by atoms with Gasteiger partial charge in [0, 0.05) is 25.6 Å². The minimum Gasteiger partial charge on any atom is -0.508 e. The van der Waals surface area contributed by atoms with Crippen LogP contribution in [-0.2, 0) is 20.8 Å². The number of nitrogens with zero attached hydrogens (tertiary/aromatic N) is 2. The number of aromatic hydroxyl groups is 2. The molecule has 2 aliphatic rings. The molecule has 0 aromatic heterocycles. The molecule has 8 nitrogen and oxygen atoms in total. The van der Waals surface area contributed by atoms with Gasteiger partial charge in [-0.15, -0.1) is 0 Å². The quantitative estimate of drug-likeness (QED) is 0.391. The molecule has 0 spiro atoms. The number of carbonyl (C=O) groups is 2. The highest BCUT2D eigenvalue weighted by atomic mass is 16.6. The van der Waals surface area contributed by atoms with Crippen LogP contribution in [0.1, 0.15) is 61.4 Å². The number of phenolic OH excluding ortho intramolecular Hbond substituents is 2. The number of hydrogen-bond acceptors (Lipinski definition) is 7. The molecule has 8 heteroatoms. The van der Waals surface area contributed by atoms with Crippen LogP contribution in [-0.4, -0.2) is 59.0 Å². The number of fused-ring (bicyclic) bond motifs is 1. The number of esters is 1. The Morgan fingerprint density at radius 1 is 1.18 bits per heavy atom. The fourth-order valence-corrected chi connectivity index (χ4v) is 4.03. The lowest BCUT2D eigenvalue weighted by Gasteiger charge is -2.26. The molecule has 0 bridgehead atoms. The number of piperidine rings is 1. The van der Waals surface area contributed by atoms with Gasteiger partial charge in [-0.3, -0.25) is 4.79 Å². The first-order valence-corrected chi connectivity index (χ1v) is 12.0. The average molecular weight is 471 g/mol. The summed E-state index contributed by atoms with van der Waals surface area (Å²) in [5.74, 6) is -0.994. The van der Waals surface area contributed by atoms with E-state index in [1.807, 2.05) is 6.08 Å². The lowest BCUT2D eigenvalue weighted by Crippen LogP contribution is -2.37. The number of cyclic esters (lactones) is 1. The van der Waals surface area contributed by atoms with E-state index in [0.717, 1.165) is 51.3 Å². The third-order valence-corrected chi connectivity index (χ3v) is 5.87. The number of carbonyl (C=O) groups excluding carboxylic acids is 2. The summed E-state index contributed by atoms with van der Waals surface area (Å²) in [5.41, 5.74) is 0.802. The Balaban J connectivity index is 1.83. The third-order valence-electron chi connectivity index (χ3n) is 5.87. The molecule has 184 valence electrons. The summed E-state index contributed by atoms with van der Waals surface area (Å²) < 4.78 is 5.35. The molecule has 3 rings (SSSR count). The first kappa shape index (κ1) is 25.3. The number of rotatable bonds is 3. The molecule has 1 aromatic carbocycles. The lowest BCUT2D eigenvalue weighted by atomic mass is 9.99. The highest BCUT2D eigenvalue weighted by Gasteiger charge is 2.21. The van der Waals surface area contributed by atoms with Crippen molar-refractivity contribution in [3.8, 4) is 11.5 Å². The van der Waals surface area contributed by atoms with Crippen molar-refractivity contribution in [3.05, 3.63) is 47.6 Å². The number of benzene rings is 1. The Morgan fingerprint density at radius 3 is 2.76 bits per heavy atom. The predicted octanol–water partition coefficient (Wildman–Crippen LogP) is 4.11. The number of oxime groups is 1. The zero-order chi connectivity index (χ0) is 24.3. The van der Waals surface area contributed by atoms with Crippen molar-refractivity contribution in [1.29, 1.82) is 0 Å². The smallest absolute Gasteiger partial charge is 0.342 e. The highest BCUT2D eigenvalue weighted by Crippen LogP contribution is 2.29. The van der Waals surface area contributed by atoms with Crippen LogP contribution in [0.2, 0.25) is 0 Å². The van der Waals surface area contributed by atoms with E-state index in [1.165, 1.54) is 6.07 Å². The van der Waals surface area contributed by atoms with Crippen molar-refractivity contribution in [2.45, 2.75) is 51.9 Å². The molecule has 2 heterocycles. The Kier molecular flexibility index (Phi) is 9.55. The fraction of sp³-hybridized carbons (Fsp3) is 0.500. The predicted molar refractivity (Wildman–Crippen MR) is 129 cm³/mol. The zero-order valence-corrected chi connectivity index (χ0v) is 19.7. The van der Waals surface area contributed by atoms with Crippen molar-refractivity contribution in [2.75, 3.05) is 26.3 Å². The van der Waals surface area contributed by atoms with Gasteiger partial charge in [0.05, 0.1) is 12.3 Å². The first-order chi connectivity index (χ1) is 16.4. The number of allylic oxidation sites excluding steroid dienone is 4. The standard InChI is InChI=1S/C26H34N2O6/c1-19-9-4-2-7-14-33-26(32)25-20(16-22(29)17-23(25)30)15-21(11-8-10-19)27-34-18-24(31)28-12-5-3-6-13-28/h4,8-9,11,16-17,19,29-30H,2-3,5-7,10,12-15,18H2,1H3/b9-4+,11-8+,27-21-. The van der Waals surface area contributed by atoms with Crippen molar-refractivity contribution in [2.24, 2.45) is 11.1 Å². The fourth-order valence-electron chi connectivity index (χ4n) is 4.03. The molecule has 1 amide bonds. The summed E-state index contributed by atoms with van der Waals surface area (Å²) in [6.07, 6.45) is 13.4. The minimum absolute atomic E-state index is 0.0120. The Hall–Kier alpha value is -3.29. The monoisotopic (exact) mass is 470 g/mol. The normalized spacial score (nSPS) is 23.2. The van der Waals surface area contributed by atoms with Gasteiger partial charge in [0.25, 0.3) is 5.91 Å². The third kappa shape index (κ3) is 7.64. The van der Waals surface area contributed by atoms with E-state index in [-0.39, 0.29) is 42.6 Å². The minimum atomic E-state index is -0.663. The van der Waals surface area contributed by atoms with E-state index in [4.69, 9.17) is 9.57 Å². The second-order valence-corrected chi connectivity index (χ2v) is 8.79. The second kappa shape index (κ2) is 12.8. The number of ether oxygens (including phenoxy) is 1. The summed E-state index contributed by atoms with van der Waals surface area (Å²) in [4.78, 5) is 32.3. The molecule has 1 saturated heterocycles. The number of phenols is 2. The van der Waals surface area contributed by atoms with Gasteiger partial charge in [-0.25, -0.2) is 4.79 Å². The van der Waals surface area contributed by atoms with E-state index in [0.29, 0.717) is 23.6 Å². The maximum atomic E-state index is 12.7. The van der Waals surface area contributed by atoms with Crippen LogP contribution in [0.4, 0.5) is 0 Å². The number of hydrogen-bond donors (Lipinski definition) is 2. The molecule has 34 heavy (non-hydrogen) atoms. The number of amides is 1. The van der Waals surface area contributed by atoms with Gasteiger partial charge in [-0.2, -0.15) is 0 Å². The molecular formula is C26H34N2O6. The molecule has 2 aliphatic heterocycles. The van der Waals surface area contributed by atoms with Crippen LogP contribution in [0, 0.1) is 5.92 Å². The van der Waals surface area contributed by atoms with Crippen molar-refractivity contribution in [1.82, 2.24) is 4.90 Å². The highest BCUT2D eigenvalue weighted by molar-refractivity contribution is 6.00. The second-order valence-electron chi connectivity index (χ2n) is 8.79. The summed E-state index contributed by atoms with van der Waals surface area (Å²) in [7, 11) is 0. The number of likely N-dealkylation sites (tertiary alicyclic amines) is 1. The van der Waals surface area contributed by atoms with Gasteiger partial charge in [0.15, 0.2) is 6.61 Å². The molecule has 0 radical (unpaired) electrons. The molecule has 1 aromatic rings. The lowest BCUT2D eigenvalue weighted by molar-refractivity contribution is -0.137. The Bertz CT molecular complexity index is 947.